The summed E-state index contributed by atoms with van der Waals surface area (Å²) >= 11 is 0. The number of carbonyl (C=O) groups excluding carboxylic acids is 1. The molecule has 0 N–H and O–H groups in total. The lowest BCUT2D eigenvalue weighted by Crippen LogP contribution is -2.37. The van der Waals surface area contributed by atoms with Crippen LogP contribution in [0.3, 0.4) is 0 Å². The third-order valence-corrected chi connectivity index (χ3v) is 5.59. The number of hydrogen-bond acceptors (Lipinski definition) is 4. The number of fused-ring (bicyclic) bond motifs is 1. The van der Waals surface area contributed by atoms with E-state index in [1.165, 1.54) is 16.8 Å². The molecule has 0 saturated carbocycles. The van der Waals surface area contributed by atoms with Gasteiger partial charge in [-0.25, -0.2) is 9.97 Å². The third kappa shape index (κ3) is 3.78. The van der Waals surface area contributed by atoms with Gasteiger partial charge in [0.25, 0.3) is 0 Å². The maximum Gasteiger partial charge on any atom is 0.219 e. The fourth-order valence-corrected chi connectivity index (χ4v) is 4.02. The molecule has 2 aromatic rings. The molecule has 1 aromatic carbocycles. The summed E-state index contributed by atoms with van der Waals surface area (Å²) in [6.45, 7) is 6.24. The summed E-state index contributed by atoms with van der Waals surface area (Å²) in [6.07, 6.45) is 4.97. The van der Waals surface area contributed by atoms with Gasteiger partial charge >= 0.3 is 0 Å². The van der Waals surface area contributed by atoms with Crippen molar-refractivity contribution in [3.8, 4) is 0 Å². The summed E-state index contributed by atoms with van der Waals surface area (Å²) in [7, 11) is 0. The van der Waals surface area contributed by atoms with Gasteiger partial charge in [-0.15, -0.1) is 0 Å². The van der Waals surface area contributed by atoms with E-state index in [-0.39, 0.29) is 5.91 Å². The standard InChI is InChI=1S/C21H26N4O/c1-16(26)25-11-7-18(8-12-25)21-22-13-19-15-24(10-9-20(19)23-21)14-17-5-3-2-4-6-17/h2-6,13,18H,7-12,14-15H2,1H3. The van der Waals surface area contributed by atoms with Crippen LogP contribution in [0.2, 0.25) is 0 Å². The number of rotatable bonds is 3. The second-order valence-electron chi connectivity index (χ2n) is 7.43. The first-order chi connectivity index (χ1) is 12.7. The predicted octanol–water partition coefficient (Wildman–Crippen LogP) is 2.76. The average Bonchev–Trinajstić information content (AvgIpc) is 2.68. The van der Waals surface area contributed by atoms with Crippen molar-refractivity contribution in [3.63, 3.8) is 0 Å². The van der Waals surface area contributed by atoms with Crippen molar-refractivity contribution in [1.82, 2.24) is 19.8 Å². The van der Waals surface area contributed by atoms with Gasteiger partial charge in [0.1, 0.15) is 5.82 Å². The number of piperidine rings is 1. The zero-order valence-electron chi connectivity index (χ0n) is 15.4. The molecule has 0 atom stereocenters. The lowest BCUT2D eigenvalue weighted by atomic mass is 9.95. The minimum Gasteiger partial charge on any atom is -0.343 e. The smallest absolute Gasteiger partial charge is 0.219 e. The molecule has 0 spiro atoms. The molecule has 3 heterocycles. The second-order valence-corrected chi connectivity index (χ2v) is 7.43. The van der Waals surface area contributed by atoms with Crippen LogP contribution in [0, 0.1) is 0 Å². The highest BCUT2D eigenvalue weighted by Crippen LogP contribution is 2.27. The quantitative estimate of drug-likeness (QED) is 0.854. The zero-order chi connectivity index (χ0) is 17.9. The molecule has 1 aromatic heterocycles. The Bertz CT molecular complexity index is 769. The molecule has 136 valence electrons. The van der Waals surface area contributed by atoms with Crippen LogP contribution in [0.5, 0.6) is 0 Å². The summed E-state index contributed by atoms with van der Waals surface area (Å²) in [6, 6.07) is 10.6. The van der Waals surface area contributed by atoms with Crippen LogP contribution in [0.25, 0.3) is 0 Å². The van der Waals surface area contributed by atoms with Gasteiger partial charge in [0.05, 0.1) is 0 Å². The highest BCUT2D eigenvalue weighted by atomic mass is 16.2. The Balaban J connectivity index is 1.40. The number of aromatic nitrogens is 2. The SMILES string of the molecule is CC(=O)N1CCC(c2ncc3c(n2)CCN(Cc2ccccc2)C3)CC1. The molecule has 2 aliphatic rings. The topological polar surface area (TPSA) is 49.3 Å². The first-order valence-corrected chi connectivity index (χ1v) is 9.55. The molecule has 1 saturated heterocycles. The zero-order valence-corrected chi connectivity index (χ0v) is 15.4. The minimum absolute atomic E-state index is 0.174. The van der Waals surface area contributed by atoms with Gasteiger partial charge in [-0.2, -0.15) is 0 Å². The van der Waals surface area contributed by atoms with Gasteiger partial charge in [0, 0.05) is 69.4 Å². The van der Waals surface area contributed by atoms with E-state index in [9.17, 15) is 4.79 Å². The van der Waals surface area contributed by atoms with Crippen molar-refractivity contribution in [2.24, 2.45) is 0 Å². The van der Waals surface area contributed by atoms with Crippen molar-refractivity contribution in [3.05, 3.63) is 59.2 Å². The van der Waals surface area contributed by atoms with E-state index < -0.39 is 0 Å². The number of benzene rings is 1. The Hall–Kier alpha value is -2.27. The molecule has 0 bridgehead atoms. The van der Waals surface area contributed by atoms with E-state index in [4.69, 9.17) is 4.98 Å². The second kappa shape index (κ2) is 7.54. The Morgan fingerprint density at radius 2 is 1.92 bits per heavy atom. The molecule has 5 nitrogen and oxygen atoms in total. The molecule has 26 heavy (non-hydrogen) atoms. The molecular formula is C21H26N4O. The van der Waals surface area contributed by atoms with Gasteiger partial charge in [-0.3, -0.25) is 9.69 Å². The van der Waals surface area contributed by atoms with E-state index in [0.717, 1.165) is 57.8 Å². The van der Waals surface area contributed by atoms with Crippen LogP contribution in [0.1, 0.15) is 48.3 Å². The number of likely N-dealkylation sites (tertiary alicyclic amines) is 1. The fourth-order valence-electron chi connectivity index (χ4n) is 4.02. The first kappa shape index (κ1) is 17.2. The number of nitrogens with zero attached hydrogens (tertiary/aromatic N) is 4. The third-order valence-electron chi connectivity index (χ3n) is 5.59. The average molecular weight is 350 g/mol. The molecule has 5 heteroatoms. The largest absolute Gasteiger partial charge is 0.343 e. The maximum atomic E-state index is 11.5. The summed E-state index contributed by atoms with van der Waals surface area (Å²) in [5.41, 5.74) is 3.83. The van der Waals surface area contributed by atoms with Crippen molar-refractivity contribution < 1.29 is 4.79 Å². The van der Waals surface area contributed by atoms with E-state index in [1.807, 2.05) is 11.1 Å². The van der Waals surface area contributed by atoms with Gasteiger partial charge < -0.3 is 4.90 Å². The Labute approximate surface area is 155 Å². The lowest BCUT2D eigenvalue weighted by molar-refractivity contribution is -0.129. The van der Waals surface area contributed by atoms with Gasteiger partial charge in [0.15, 0.2) is 0 Å². The molecule has 0 radical (unpaired) electrons. The Kier molecular flexibility index (Phi) is 4.98. The molecule has 1 amide bonds. The van der Waals surface area contributed by atoms with Gasteiger partial charge in [-0.1, -0.05) is 30.3 Å². The van der Waals surface area contributed by atoms with Crippen molar-refractivity contribution in [1.29, 1.82) is 0 Å². The van der Waals surface area contributed by atoms with E-state index in [2.05, 4.69) is 40.2 Å². The van der Waals surface area contributed by atoms with Crippen LogP contribution >= 0.6 is 0 Å². The predicted molar refractivity (Wildman–Crippen MR) is 101 cm³/mol. The number of hydrogen-bond donors (Lipinski definition) is 0. The van der Waals surface area contributed by atoms with Crippen molar-refractivity contribution in [2.45, 2.75) is 45.2 Å². The monoisotopic (exact) mass is 350 g/mol. The highest BCUT2D eigenvalue weighted by Gasteiger charge is 2.25. The fraction of sp³-hybridized carbons (Fsp3) is 0.476. The Morgan fingerprint density at radius 3 is 2.65 bits per heavy atom. The summed E-state index contributed by atoms with van der Waals surface area (Å²) in [5.74, 6) is 1.54. The van der Waals surface area contributed by atoms with Gasteiger partial charge in [0.2, 0.25) is 5.91 Å². The van der Waals surface area contributed by atoms with Crippen LogP contribution in [-0.2, 0) is 24.3 Å². The lowest BCUT2D eigenvalue weighted by Gasteiger charge is -2.32. The molecule has 2 aliphatic heterocycles. The summed E-state index contributed by atoms with van der Waals surface area (Å²) in [5, 5.41) is 0. The first-order valence-electron chi connectivity index (χ1n) is 9.55. The summed E-state index contributed by atoms with van der Waals surface area (Å²) in [4.78, 5) is 25.5. The van der Waals surface area contributed by atoms with Crippen LogP contribution in [0.4, 0.5) is 0 Å². The number of amides is 1. The van der Waals surface area contributed by atoms with E-state index in [0.29, 0.717) is 5.92 Å². The van der Waals surface area contributed by atoms with Crippen LogP contribution in [-0.4, -0.2) is 45.3 Å². The Morgan fingerprint density at radius 1 is 1.15 bits per heavy atom. The summed E-state index contributed by atoms with van der Waals surface area (Å²) < 4.78 is 0. The van der Waals surface area contributed by atoms with E-state index in [1.54, 1.807) is 6.92 Å². The minimum atomic E-state index is 0.174. The van der Waals surface area contributed by atoms with Crippen molar-refractivity contribution in [2.75, 3.05) is 19.6 Å². The van der Waals surface area contributed by atoms with Crippen LogP contribution < -0.4 is 0 Å². The number of carbonyl (C=O) groups is 1. The van der Waals surface area contributed by atoms with Gasteiger partial charge in [-0.05, 0) is 18.4 Å². The highest BCUT2D eigenvalue weighted by molar-refractivity contribution is 5.73. The maximum absolute atomic E-state index is 11.5. The molecule has 1 fully saturated rings. The van der Waals surface area contributed by atoms with Crippen LogP contribution in [0.15, 0.2) is 36.5 Å². The van der Waals surface area contributed by atoms with E-state index >= 15 is 0 Å². The van der Waals surface area contributed by atoms with Crippen molar-refractivity contribution >= 4 is 5.91 Å². The normalized spacial score (nSPS) is 18.6. The molecular weight excluding hydrogens is 324 g/mol. The molecule has 4 rings (SSSR count). The molecule has 0 aliphatic carbocycles. The molecule has 0 unspecified atom stereocenters.